The first-order chi connectivity index (χ1) is 10.4. The van der Waals surface area contributed by atoms with Crippen molar-refractivity contribution < 1.29 is 17.7 Å². The summed E-state index contributed by atoms with van der Waals surface area (Å²) in [5.74, 6) is 0. The second-order valence-corrected chi connectivity index (χ2v) is 7.46. The third-order valence-electron chi connectivity index (χ3n) is 3.56. The maximum atomic E-state index is 11.9. The molecule has 0 aliphatic heterocycles. The molecule has 0 aliphatic rings. The molecule has 0 fully saturated rings. The predicted molar refractivity (Wildman–Crippen MR) is 88.3 cm³/mol. The van der Waals surface area contributed by atoms with Crippen LogP contribution < -0.4 is 0 Å². The van der Waals surface area contributed by atoms with E-state index in [4.69, 9.17) is 9.29 Å². The van der Waals surface area contributed by atoms with Gasteiger partial charge in [0.15, 0.2) is 0 Å². The first-order valence-electron chi connectivity index (χ1n) is 8.06. The Kier molecular flexibility index (Phi) is 8.68. The molecule has 1 aromatic carbocycles. The van der Waals surface area contributed by atoms with Gasteiger partial charge in [0, 0.05) is 0 Å². The van der Waals surface area contributed by atoms with E-state index in [2.05, 4.69) is 0 Å². The first-order valence-corrected chi connectivity index (χ1v) is 9.47. The van der Waals surface area contributed by atoms with Gasteiger partial charge in [-0.3, -0.25) is 4.18 Å². The molecule has 1 aromatic rings. The zero-order valence-corrected chi connectivity index (χ0v) is 14.4. The van der Waals surface area contributed by atoms with Crippen molar-refractivity contribution in [2.24, 2.45) is 0 Å². The number of benzene rings is 1. The van der Waals surface area contributed by atoms with Gasteiger partial charge in [0.25, 0.3) is 10.1 Å². The van der Waals surface area contributed by atoms with Gasteiger partial charge < -0.3 is 5.11 Å². The summed E-state index contributed by atoms with van der Waals surface area (Å²) < 4.78 is 28.9. The zero-order valence-electron chi connectivity index (χ0n) is 13.6. The lowest BCUT2D eigenvalue weighted by atomic mass is 10.1. The molecule has 1 N–H and O–H groups in total. The molecule has 0 spiro atoms. The molecule has 22 heavy (non-hydrogen) atoms. The zero-order chi connectivity index (χ0) is 16.4. The Balaban J connectivity index is 2.12. The maximum Gasteiger partial charge on any atom is 0.296 e. The largest absolute Gasteiger partial charge is 0.393 e. The number of aliphatic hydroxyl groups is 1. The molecule has 0 heterocycles. The van der Waals surface area contributed by atoms with Crippen LogP contribution in [-0.4, -0.2) is 26.2 Å². The van der Waals surface area contributed by atoms with E-state index in [1.165, 1.54) is 0 Å². The van der Waals surface area contributed by atoms with E-state index in [0.717, 1.165) is 50.5 Å². The highest BCUT2D eigenvalue weighted by Gasteiger charge is 2.14. The first kappa shape index (κ1) is 19.1. The molecule has 0 saturated carbocycles. The van der Waals surface area contributed by atoms with Gasteiger partial charge in [-0.05, 0) is 38.8 Å². The van der Waals surface area contributed by atoms with Crippen LogP contribution in [-0.2, 0) is 14.3 Å². The second-order valence-electron chi connectivity index (χ2n) is 5.85. The standard InChI is InChI=1S/C17H28O4S/c1-15-10-12-17(13-11-15)22(19,20)21-14-8-6-4-3-5-7-9-16(2)18/h10-13,16,18H,3-9,14H2,1-2H3/t16-/m0/s1. The molecule has 0 bridgehead atoms. The van der Waals surface area contributed by atoms with Crippen LogP contribution in [0.1, 0.15) is 57.4 Å². The smallest absolute Gasteiger partial charge is 0.296 e. The van der Waals surface area contributed by atoms with Crippen LogP contribution in [0, 0.1) is 6.92 Å². The quantitative estimate of drug-likeness (QED) is 0.495. The van der Waals surface area contributed by atoms with Crippen LogP contribution in [0.5, 0.6) is 0 Å². The van der Waals surface area contributed by atoms with E-state index in [0.29, 0.717) is 0 Å². The summed E-state index contributed by atoms with van der Waals surface area (Å²) in [5.41, 5.74) is 1.02. The maximum absolute atomic E-state index is 11.9. The molecular formula is C17H28O4S. The molecule has 1 atom stereocenters. The Hall–Kier alpha value is -0.910. The van der Waals surface area contributed by atoms with Crippen LogP contribution in [0.3, 0.4) is 0 Å². The van der Waals surface area contributed by atoms with E-state index < -0.39 is 10.1 Å². The van der Waals surface area contributed by atoms with E-state index in [1.807, 2.05) is 13.8 Å². The number of hydrogen-bond acceptors (Lipinski definition) is 4. The summed E-state index contributed by atoms with van der Waals surface area (Å²) in [6.45, 7) is 3.97. The molecule has 0 radical (unpaired) electrons. The van der Waals surface area contributed by atoms with E-state index in [9.17, 15) is 8.42 Å². The van der Waals surface area contributed by atoms with Gasteiger partial charge in [-0.25, -0.2) is 0 Å². The van der Waals surface area contributed by atoms with Crippen molar-refractivity contribution >= 4 is 10.1 Å². The van der Waals surface area contributed by atoms with E-state index in [-0.39, 0.29) is 17.6 Å². The summed E-state index contributed by atoms with van der Waals surface area (Å²) in [6.07, 6.45) is 6.74. The molecule has 126 valence electrons. The second kappa shape index (κ2) is 9.98. The van der Waals surface area contributed by atoms with Crippen LogP contribution in [0.4, 0.5) is 0 Å². The summed E-state index contributed by atoms with van der Waals surface area (Å²) in [4.78, 5) is 0.219. The molecule has 5 heteroatoms. The topological polar surface area (TPSA) is 63.6 Å². The lowest BCUT2D eigenvalue weighted by Gasteiger charge is -2.06. The van der Waals surface area contributed by atoms with Gasteiger partial charge in [-0.1, -0.05) is 49.8 Å². The summed E-state index contributed by atoms with van der Waals surface area (Å²) in [7, 11) is -3.62. The van der Waals surface area contributed by atoms with E-state index in [1.54, 1.807) is 24.3 Å². The minimum atomic E-state index is -3.62. The van der Waals surface area contributed by atoms with Gasteiger partial charge >= 0.3 is 0 Å². The summed E-state index contributed by atoms with van der Waals surface area (Å²) in [5, 5.41) is 9.14. The SMILES string of the molecule is Cc1ccc(S(=O)(=O)OCCCCCCCC[C@H](C)O)cc1. The number of aliphatic hydroxyl groups excluding tert-OH is 1. The lowest BCUT2D eigenvalue weighted by molar-refractivity contribution is 0.180. The number of unbranched alkanes of at least 4 members (excludes halogenated alkanes) is 5. The minimum Gasteiger partial charge on any atom is -0.393 e. The van der Waals surface area contributed by atoms with Crippen LogP contribution in [0.25, 0.3) is 0 Å². The fourth-order valence-electron chi connectivity index (χ4n) is 2.19. The molecular weight excluding hydrogens is 300 g/mol. The van der Waals surface area contributed by atoms with Crippen molar-refractivity contribution in [3.8, 4) is 0 Å². The highest BCUT2D eigenvalue weighted by molar-refractivity contribution is 7.86. The fourth-order valence-corrected chi connectivity index (χ4v) is 3.13. The van der Waals surface area contributed by atoms with Crippen molar-refractivity contribution in [3.05, 3.63) is 29.8 Å². The number of hydrogen-bond donors (Lipinski definition) is 1. The van der Waals surface area contributed by atoms with Gasteiger partial charge in [0.05, 0.1) is 17.6 Å². The van der Waals surface area contributed by atoms with Crippen LogP contribution in [0.15, 0.2) is 29.2 Å². The van der Waals surface area contributed by atoms with Gasteiger partial charge in [0.1, 0.15) is 0 Å². The van der Waals surface area contributed by atoms with Gasteiger partial charge in [0.2, 0.25) is 0 Å². The molecule has 1 rings (SSSR count). The molecule has 0 aliphatic carbocycles. The molecule has 0 unspecified atom stereocenters. The van der Waals surface area contributed by atoms with Crippen molar-refractivity contribution in [2.75, 3.05) is 6.61 Å². The Labute approximate surface area is 134 Å². The molecule has 0 saturated heterocycles. The van der Waals surface area contributed by atoms with Gasteiger partial charge in [-0.15, -0.1) is 0 Å². The third kappa shape index (κ3) is 7.92. The summed E-state index contributed by atoms with van der Waals surface area (Å²) >= 11 is 0. The van der Waals surface area contributed by atoms with Gasteiger partial charge in [-0.2, -0.15) is 8.42 Å². The van der Waals surface area contributed by atoms with Crippen LogP contribution >= 0.6 is 0 Å². The van der Waals surface area contributed by atoms with Crippen LogP contribution in [0.2, 0.25) is 0 Å². The summed E-state index contributed by atoms with van der Waals surface area (Å²) in [6, 6.07) is 6.69. The molecule has 4 nitrogen and oxygen atoms in total. The minimum absolute atomic E-state index is 0.208. The van der Waals surface area contributed by atoms with Crippen molar-refractivity contribution in [3.63, 3.8) is 0 Å². The lowest BCUT2D eigenvalue weighted by Crippen LogP contribution is -2.07. The van der Waals surface area contributed by atoms with Crippen molar-refractivity contribution in [1.82, 2.24) is 0 Å². The number of aryl methyl sites for hydroxylation is 1. The Morgan fingerprint density at radius 2 is 1.55 bits per heavy atom. The third-order valence-corrected chi connectivity index (χ3v) is 4.89. The average Bonchev–Trinajstić information content (AvgIpc) is 2.45. The Bertz CT molecular complexity index is 506. The average molecular weight is 328 g/mol. The molecule has 0 amide bonds. The Morgan fingerprint density at radius 3 is 2.14 bits per heavy atom. The normalized spacial score (nSPS) is 13.2. The predicted octanol–water partition coefficient (Wildman–Crippen LogP) is 3.81. The fraction of sp³-hybridized carbons (Fsp3) is 0.647. The molecule has 0 aromatic heterocycles. The van der Waals surface area contributed by atoms with Crippen molar-refractivity contribution in [1.29, 1.82) is 0 Å². The van der Waals surface area contributed by atoms with Crippen molar-refractivity contribution in [2.45, 2.75) is 69.8 Å². The Morgan fingerprint density at radius 1 is 1.00 bits per heavy atom. The number of rotatable bonds is 11. The highest BCUT2D eigenvalue weighted by Crippen LogP contribution is 2.14. The monoisotopic (exact) mass is 328 g/mol. The highest BCUT2D eigenvalue weighted by atomic mass is 32.2. The van der Waals surface area contributed by atoms with E-state index >= 15 is 0 Å².